The molecule has 65 heavy (non-hydrogen) atoms. The highest BCUT2D eigenvalue weighted by Gasteiger charge is 2.19. The van der Waals surface area contributed by atoms with Gasteiger partial charge < -0.3 is 14.2 Å². The molecule has 0 aliphatic carbocycles. The summed E-state index contributed by atoms with van der Waals surface area (Å²) in [6.07, 6.45) is 65.2. The number of hydrogen-bond donors (Lipinski definition) is 0. The minimum absolute atomic E-state index is 0.0787. The number of carbonyl (C=O) groups is 3. The Balaban J connectivity index is 4.39. The summed E-state index contributed by atoms with van der Waals surface area (Å²) >= 11 is 0. The van der Waals surface area contributed by atoms with Gasteiger partial charge in [-0.15, -0.1) is 0 Å². The Morgan fingerprint density at radius 2 is 0.554 bits per heavy atom. The lowest BCUT2D eigenvalue weighted by atomic mass is 10.0. The van der Waals surface area contributed by atoms with Gasteiger partial charge in [0.25, 0.3) is 0 Å². The van der Waals surface area contributed by atoms with Gasteiger partial charge in [-0.25, -0.2) is 0 Å². The van der Waals surface area contributed by atoms with Crippen LogP contribution in [0.25, 0.3) is 0 Å². The molecule has 0 amide bonds. The van der Waals surface area contributed by atoms with Crippen LogP contribution >= 0.6 is 0 Å². The maximum atomic E-state index is 12.8. The second-order valence-corrected chi connectivity index (χ2v) is 18.8. The summed E-state index contributed by atoms with van der Waals surface area (Å²) in [6.45, 7) is 6.61. The molecule has 6 nitrogen and oxygen atoms in total. The quantitative estimate of drug-likeness (QED) is 0.0262. The molecule has 0 aromatic rings. The van der Waals surface area contributed by atoms with Crippen LogP contribution in [-0.2, 0) is 28.6 Å². The molecular formula is C59H106O6. The predicted molar refractivity (Wildman–Crippen MR) is 279 cm³/mol. The van der Waals surface area contributed by atoms with Crippen molar-refractivity contribution in [3.63, 3.8) is 0 Å². The van der Waals surface area contributed by atoms with E-state index >= 15 is 0 Å². The van der Waals surface area contributed by atoms with Crippen LogP contribution in [0.5, 0.6) is 0 Å². The van der Waals surface area contributed by atoms with Gasteiger partial charge in [-0.2, -0.15) is 0 Å². The van der Waals surface area contributed by atoms with E-state index in [1.807, 2.05) is 0 Å². The summed E-state index contributed by atoms with van der Waals surface area (Å²) in [7, 11) is 0. The smallest absolute Gasteiger partial charge is 0.306 e. The second-order valence-electron chi connectivity index (χ2n) is 18.8. The van der Waals surface area contributed by atoms with E-state index in [-0.39, 0.29) is 31.1 Å². The van der Waals surface area contributed by atoms with Gasteiger partial charge >= 0.3 is 17.9 Å². The van der Waals surface area contributed by atoms with E-state index in [1.165, 1.54) is 154 Å². The molecule has 0 fully saturated rings. The molecule has 0 heterocycles. The molecule has 0 aliphatic heterocycles. The first-order chi connectivity index (χ1) is 32.0. The monoisotopic (exact) mass is 911 g/mol. The van der Waals surface area contributed by atoms with Crippen LogP contribution in [-0.4, -0.2) is 37.2 Å². The Morgan fingerprint density at radius 1 is 0.308 bits per heavy atom. The first-order valence-corrected chi connectivity index (χ1v) is 28.1. The lowest BCUT2D eigenvalue weighted by molar-refractivity contribution is -0.167. The van der Waals surface area contributed by atoms with Gasteiger partial charge in [-0.3, -0.25) is 14.4 Å². The molecule has 0 spiro atoms. The van der Waals surface area contributed by atoms with Crippen LogP contribution in [0.15, 0.2) is 48.6 Å². The zero-order valence-corrected chi connectivity index (χ0v) is 43.3. The molecule has 6 heteroatoms. The number of esters is 3. The maximum absolute atomic E-state index is 12.8. The van der Waals surface area contributed by atoms with Crippen molar-refractivity contribution in [1.29, 1.82) is 0 Å². The minimum atomic E-state index is -0.781. The molecule has 0 saturated carbocycles. The summed E-state index contributed by atoms with van der Waals surface area (Å²) in [6, 6.07) is 0. The molecule has 0 aromatic heterocycles. The predicted octanol–water partition coefficient (Wildman–Crippen LogP) is 18.7. The van der Waals surface area contributed by atoms with Crippen molar-refractivity contribution in [2.75, 3.05) is 13.2 Å². The Morgan fingerprint density at radius 3 is 0.892 bits per heavy atom. The van der Waals surface area contributed by atoms with E-state index in [0.717, 1.165) is 96.3 Å². The van der Waals surface area contributed by atoms with Crippen LogP contribution in [0.3, 0.4) is 0 Å². The van der Waals surface area contributed by atoms with Crippen LogP contribution in [0.1, 0.15) is 290 Å². The van der Waals surface area contributed by atoms with Crippen molar-refractivity contribution in [3.05, 3.63) is 48.6 Å². The van der Waals surface area contributed by atoms with Gasteiger partial charge in [0, 0.05) is 19.3 Å². The maximum Gasteiger partial charge on any atom is 0.306 e. The number of carbonyl (C=O) groups excluding carboxylic acids is 3. The average molecular weight is 911 g/mol. The Hall–Kier alpha value is -2.63. The van der Waals surface area contributed by atoms with E-state index in [0.29, 0.717) is 19.3 Å². The fourth-order valence-electron chi connectivity index (χ4n) is 8.03. The van der Waals surface area contributed by atoms with Gasteiger partial charge in [0.2, 0.25) is 0 Å². The molecule has 0 aromatic carbocycles. The molecule has 1 unspecified atom stereocenters. The third-order valence-electron chi connectivity index (χ3n) is 12.3. The Bertz CT molecular complexity index is 1140. The van der Waals surface area contributed by atoms with Gasteiger partial charge in [0.15, 0.2) is 6.10 Å². The van der Waals surface area contributed by atoms with Crippen LogP contribution in [0, 0.1) is 0 Å². The van der Waals surface area contributed by atoms with E-state index in [1.54, 1.807) is 0 Å². The van der Waals surface area contributed by atoms with Crippen LogP contribution in [0.4, 0.5) is 0 Å². The van der Waals surface area contributed by atoms with E-state index < -0.39 is 6.10 Å². The SMILES string of the molecule is CCCCC/C=C\C/C=C\CCCCCCCCCC(=O)OCC(COC(=O)CCCCCCCCCCCCCCCC)OC(=O)CCCCCCC/C=C\C/C=C\CCCCCC. The summed E-state index contributed by atoms with van der Waals surface area (Å²) in [5, 5.41) is 0. The van der Waals surface area contributed by atoms with Crippen molar-refractivity contribution >= 4 is 17.9 Å². The van der Waals surface area contributed by atoms with Crippen LogP contribution < -0.4 is 0 Å². The van der Waals surface area contributed by atoms with Crippen LogP contribution in [0.2, 0.25) is 0 Å². The van der Waals surface area contributed by atoms with Gasteiger partial charge in [-0.05, 0) is 83.5 Å². The van der Waals surface area contributed by atoms with Crippen molar-refractivity contribution in [2.45, 2.75) is 297 Å². The minimum Gasteiger partial charge on any atom is -0.462 e. The van der Waals surface area contributed by atoms with Crippen molar-refractivity contribution in [1.82, 2.24) is 0 Å². The van der Waals surface area contributed by atoms with E-state index in [9.17, 15) is 14.4 Å². The summed E-state index contributed by atoms with van der Waals surface area (Å²) in [5.41, 5.74) is 0. The van der Waals surface area contributed by atoms with Crippen molar-refractivity contribution in [3.8, 4) is 0 Å². The number of rotatable bonds is 51. The number of allylic oxidation sites excluding steroid dienone is 8. The Labute approximate surface area is 403 Å². The number of ether oxygens (including phenoxy) is 3. The van der Waals surface area contributed by atoms with Gasteiger partial charge in [0.05, 0.1) is 0 Å². The van der Waals surface area contributed by atoms with Crippen molar-refractivity contribution in [2.24, 2.45) is 0 Å². The second kappa shape index (κ2) is 54.0. The fraction of sp³-hybridized carbons (Fsp3) is 0.814. The van der Waals surface area contributed by atoms with Gasteiger partial charge in [-0.1, -0.05) is 236 Å². The Kier molecular flexibility index (Phi) is 51.8. The highest BCUT2D eigenvalue weighted by Crippen LogP contribution is 2.16. The van der Waals surface area contributed by atoms with E-state index in [2.05, 4.69) is 69.4 Å². The average Bonchev–Trinajstić information content (AvgIpc) is 3.30. The molecule has 0 bridgehead atoms. The fourth-order valence-corrected chi connectivity index (χ4v) is 8.03. The lowest BCUT2D eigenvalue weighted by Crippen LogP contribution is -2.30. The highest BCUT2D eigenvalue weighted by atomic mass is 16.6. The van der Waals surface area contributed by atoms with E-state index in [4.69, 9.17) is 14.2 Å². The largest absolute Gasteiger partial charge is 0.462 e. The highest BCUT2D eigenvalue weighted by molar-refractivity contribution is 5.71. The topological polar surface area (TPSA) is 78.9 Å². The normalized spacial score (nSPS) is 12.4. The molecular weight excluding hydrogens is 805 g/mol. The molecule has 0 saturated heterocycles. The molecule has 0 aliphatic rings. The zero-order valence-electron chi connectivity index (χ0n) is 43.3. The molecule has 0 N–H and O–H groups in total. The first kappa shape index (κ1) is 62.4. The lowest BCUT2D eigenvalue weighted by Gasteiger charge is -2.18. The third kappa shape index (κ3) is 52.2. The van der Waals surface area contributed by atoms with Gasteiger partial charge in [0.1, 0.15) is 13.2 Å². The summed E-state index contributed by atoms with van der Waals surface area (Å²) in [4.78, 5) is 38.1. The molecule has 0 rings (SSSR count). The standard InChI is InChI=1S/C59H106O6/c1-4-7-10-13-16-19-22-25-28-30-32-34-37-40-43-46-49-52-58(61)64-55-56(54-63-57(60)51-48-45-42-39-36-33-27-24-21-18-15-12-9-6-3)65-59(62)53-50-47-44-41-38-35-31-29-26-23-20-17-14-11-8-5-2/h16,19-20,23,25,28-29,31,56H,4-15,17-18,21-22,24,26-27,30,32-55H2,1-3H3/b19-16-,23-20-,28-25-,31-29-. The summed E-state index contributed by atoms with van der Waals surface area (Å²) in [5.74, 6) is -0.888. The van der Waals surface area contributed by atoms with Crippen molar-refractivity contribution < 1.29 is 28.6 Å². The molecule has 1 atom stereocenters. The number of hydrogen-bond acceptors (Lipinski definition) is 6. The zero-order chi connectivity index (χ0) is 47.2. The molecule has 0 radical (unpaired) electrons. The third-order valence-corrected chi connectivity index (χ3v) is 12.3. The number of unbranched alkanes of at least 4 members (excludes halogenated alkanes) is 32. The summed E-state index contributed by atoms with van der Waals surface area (Å²) < 4.78 is 16.8. The molecule has 378 valence electrons. The first-order valence-electron chi connectivity index (χ1n) is 28.1.